The number of methoxy groups -OCH3 is 1. The summed E-state index contributed by atoms with van der Waals surface area (Å²) in [6.07, 6.45) is 1.11. The molecule has 0 aromatic carbocycles. The molecule has 0 radical (unpaired) electrons. The minimum absolute atomic E-state index is 0.0620. The number of nitro groups is 1. The molecule has 0 aliphatic carbocycles. The van der Waals surface area contributed by atoms with Gasteiger partial charge in [0.15, 0.2) is 0 Å². The van der Waals surface area contributed by atoms with E-state index in [2.05, 4.69) is 10.3 Å². The van der Waals surface area contributed by atoms with E-state index in [4.69, 9.17) is 4.74 Å². The number of rotatable bonds is 8. The number of aromatic nitrogens is 2. The molecule has 1 aromatic rings. The van der Waals surface area contributed by atoms with Crippen molar-refractivity contribution < 1.29 is 14.8 Å². The molecule has 9 nitrogen and oxygen atoms in total. The number of ether oxygens (including phenoxy) is 1. The zero-order valence-corrected chi connectivity index (χ0v) is 10.5. The quantitative estimate of drug-likeness (QED) is 0.344. The number of aliphatic hydroxyl groups is 1. The topological polar surface area (TPSA) is 120 Å². The molecule has 106 valence electrons. The van der Waals surface area contributed by atoms with Crippen LogP contribution in [0.15, 0.2) is 17.2 Å². The van der Waals surface area contributed by atoms with Crippen LogP contribution in [0.25, 0.3) is 0 Å². The van der Waals surface area contributed by atoms with Gasteiger partial charge in [-0.25, -0.2) is 4.79 Å². The highest BCUT2D eigenvalue weighted by molar-refractivity contribution is 5.20. The summed E-state index contributed by atoms with van der Waals surface area (Å²) in [5.74, 6) is 0. The Bertz CT molecular complexity index is 475. The standard InChI is InChI=1S/C10H16N4O5/c1-19-3-2-11-5-9(15)7-13-6-8(14(17)18)4-12-10(13)16/h4,6,9,11,15H,2-3,5,7H2,1H3. The maximum atomic E-state index is 11.4. The normalized spacial score (nSPS) is 12.3. The highest BCUT2D eigenvalue weighted by Crippen LogP contribution is 2.04. The van der Waals surface area contributed by atoms with Gasteiger partial charge in [-0.15, -0.1) is 0 Å². The van der Waals surface area contributed by atoms with Crippen molar-refractivity contribution in [2.24, 2.45) is 0 Å². The molecular weight excluding hydrogens is 256 g/mol. The molecular formula is C10H16N4O5. The SMILES string of the molecule is COCCNCC(O)Cn1cc([N+](=O)[O-])cnc1=O. The number of hydrogen-bond acceptors (Lipinski definition) is 7. The Morgan fingerprint density at radius 1 is 1.68 bits per heavy atom. The molecule has 1 atom stereocenters. The molecule has 0 amide bonds. The van der Waals surface area contributed by atoms with Gasteiger partial charge >= 0.3 is 11.4 Å². The van der Waals surface area contributed by atoms with Gasteiger partial charge in [0.1, 0.15) is 6.20 Å². The molecule has 19 heavy (non-hydrogen) atoms. The summed E-state index contributed by atoms with van der Waals surface area (Å²) in [4.78, 5) is 24.7. The van der Waals surface area contributed by atoms with E-state index in [9.17, 15) is 20.0 Å². The summed E-state index contributed by atoms with van der Waals surface area (Å²) in [5, 5.41) is 23.2. The Morgan fingerprint density at radius 2 is 2.42 bits per heavy atom. The van der Waals surface area contributed by atoms with E-state index in [1.165, 1.54) is 0 Å². The number of hydrogen-bond donors (Lipinski definition) is 2. The Morgan fingerprint density at radius 3 is 3.05 bits per heavy atom. The first kappa shape index (κ1) is 15.2. The van der Waals surface area contributed by atoms with Crippen LogP contribution < -0.4 is 11.0 Å². The summed E-state index contributed by atoms with van der Waals surface area (Å²) in [7, 11) is 1.56. The van der Waals surface area contributed by atoms with Gasteiger partial charge in [-0.1, -0.05) is 0 Å². The third kappa shape index (κ3) is 5.12. The molecule has 0 spiro atoms. The van der Waals surface area contributed by atoms with Gasteiger partial charge in [-0.05, 0) is 0 Å². The minimum Gasteiger partial charge on any atom is -0.390 e. The van der Waals surface area contributed by atoms with Gasteiger partial charge in [-0.3, -0.25) is 14.7 Å². The second-order valence-electron chi connectivity index (χ2n) is 3.85. The summed E-state index contributed by atoms with van der Waals surface area (Å²) in [5.41, 5.74) is -0.930. The molecule has 1 aromatic heterocycles. The van der Waals surface area contributed by atoms with E-state index in [0.29, 0.717) is 13.2 Å². The highest BCUT2D eigenvalue weighted by atomic mass is 16.6. The maximum Gasteiger partial charge on any atom is 0.348 e. The first-order chi connectivity index (χ1) is 9.04. The smallest absolute Gasteiger partial charge is 0.348 e. The molecule has 2 N–H and O–H groups in total. The Balaban J connectivity index is 2.58. The van der Waals surface area contributed by atoms with Crippen LogP contribution in [0.2, 0.25) is 0 Å². The van der Waals surface area contributed by atoms with Crippen molar-refractivity contribution in [1.29, 1.82) is 0 Å². The highest BCUT2D eigenvalue weighted by Gasteiger charge is 2.12. The van der Waals surface area contributed by atoms with Crippen molar-refractivity contribution >= 4 is 5.69 Å². The third-order valence-corrected chi connectivity index (χ3v) is 2.32. The lowest BCUT2D eigenvalue weighted by Crippen LogP contribution is -2.35. The fourth-order valence-electron chi connectivity index (χ4n) is 1.40. The monoisotopic (exact) mass is 272 g/mol. The lowest BCUT2D eigenvalue weighted by atomic mass is 10.3. The zero-order chi connectivity index (χ0) is 14.3. The van der Waals surface area contributed by atoms with E-state index in [-0.39, 0.29) is 18.8 Å². The van der Waals surface area contributed by atoms with Crippen LogP contribution in [-0.4, -0.2) is 52.5 Å². The van der Waals surface area contributed by atoms with E-state index in [0.717, 1.165) is 17.0 Å². The van der Waals surface area contributed by atoms with Crippen molar-refractivity contribution in [3.8, 4) is 0 Å². The molecule has 1 rings (SSSR count). The molecule has 1 unspecified atom stereocenters. The average molecular weight is 272 g/mol. The average Bonchev–Trinajstić information content (AvgIpc) is 2.37. The Kier molecular flexibility index (Phi) is 6.06. The lowest BCUT2D eigenvalue weighted by molar-refractivity contribution is -0.385. The predicted molar refractivity (Wildman–Crippen MR) is 65.9 cm³/mol. The summed E-state index contributed by atoms with van der Waals surface area (Å²) < 4.78 is 5.83. The largest absolute Gasteiger partial charge is 0.390 e. The fourth-order valence-corrected chi connectivity index (χ4v) is 1.40. The molecule has 0 aliphatic rings. The molecule has 1 heterocycles. The molecule has 0 aliphatic heterocycles. The molecule has 0 fully saturated rings. The predicted octanol–water partition coefficient (Wildman–Crippen LogP) is -1.25. The van der Waals surface area contributed by atoms with E-state index >= 15 is 0 Å². The van der Waals surface area contributed by atoms with Gasteiger partial charge in [0, 0.05) is 20.2 Å². The fraction of sp³-hybridized carbons (Fsp3) is 0.600. The molecule has 9 heteroatoms. The number of aliphatic hydroxyl groups excluding tert-OH is 1. The Labute approximate surface area is 109 Å². The molecule has 0 bridgehead atoms. The molecule has 0 saturated carbocycles. The van der Waals surface area contributed by atoms with Crippen molar-refractivity contribution in [3.63, 3.8) is 0 Å². The van der Waals surface area contributed by atoms with Gasteiger partial charge in [-0.2, -0.15) is 4.98 Å². The van der Waals surface area contributed by atoms with Crippen LogP contribution in [0.1, 0.15) is 0 Å². The van der Waals surface area contributed by atoms with Gasteiger partial charge in [0.25, 0.3) is 0 Å². The summed E-state index contributed by atoms with van der Waals surface area (Å²) >= 11 is 0. The first-order valence-corrected chi connectivity index (χ1v) is 5.63. The number of nitrogens with zero attached hydrogens (tertiary/aromatic N) is 3. The van der Waals surface area contributed by atoms with E-state index < -0.39 is 16.7 Å². The van der Waals surface area contributed by atoms with Crippen molar-refractivity contribution in [2.45, 2.75) is 12.6 Å². The Hall–Kier alpha value is -1.84. The lowest BCUT2D eigenvalue weighted by Gasteiger charge is -2.12. The van der Waals surface area contributed by atoms with E-state index in [1.54, 1.807) is 7.11 Å². The summed E-state index contributed by atoms with van der Waals surface area (Å²) in [6, 6.07) is 0. The minimum atomic E-state index is -0.849. The van der Waals surface area contributed by atoms with Crippen molar-refractivity contribution in [3.05, 3.63) is 33.0 Å². The molecule has 0 saturated heterocycles. The van der Waals surface area contributed by atoms with Crippen molar-refractivity contribution in [2.75, 3.05) is 26.8 Å². The van der Waals surface area contributed by atoms with Gasteiger partial charge < -0.3 is 15.2 Å². The number of nitrogens with one attached hydrogen (secondary N) is 1. The van der Waals surface area contributed by atoms with Crippen LogP contribution in [0.4, 0.5) is 5.69 Å². The first-order valence-electron chi connectivity index (χ1n) is 5.63. The van der Waals surface area contributed by atoms with Crippen LogP contribution >= 0.6 is 0 Å². The zero-order valence-electron chi connectivity index (χ0n) is 10.5. The second kappa shape index (κ2) is 7.56. The van der Waals surface area contributed by atoms with Crippen LogP contribution in [0.3, 0.4) is 0 Å². The third-order valence-electron chi connectivity index (χ3n) is 2.32. The van der Waals surface area contributed by atoms with Crippen molar-refractivity contribution in [1.82, 2.24) is 14.9 Å². The van der Waals surface area contributed by atoms with E-state index in [1.807, 2.05) is 0 Å². The van der Waals surface area contributed by atoms with Crippen LogP contribution in [0.5, 0.6) is 0 Å². The van der Waals surface area contributed by atoms with Gasteiger partial charge in [0.2, 0.25) is 0 Å². The van der Waals surface area contributed by atoms with Crippen LogP contribution in [-0.2, 0) is 11.3 Å². The second-order valence-corrected chi connectivity index (χ2v) is 3.85. The van der Waals surface area contributed by atoms with Crippen LogP contribution in [0, 0.1) is 10.1 Å². The maximum absolute atomic E-state index is 11.4. The summed E-state index contributed by atoms with van der Waals surface area (Å²) in [6.45, 7) is 1.26. The van der Waals surface area contributed by atoms with Gasteiger partial charge in [0.05, 0.1) is 30.4 Å².